The fourth-order valence-electron chi connectivity index (χ4n) is 0.992. The highest BCUT2D eigenvalue weighted by Crippen LogP contribution is 2.24. The predicted octanol–water partition coefficient (Wildman–Crippen LogP) is 1.92. The van der Waals surface area contributed by atoms with Crippen molar-refractivity contribution in [3.8, 4) is 0 Å². The second-order valence-electron chi connectivity index (χ2n) is 2.40. The number of nitrogens with one attached hydrogen (secondary N) is 1. The minimum Gasteiger partial charge on any atom is -0.370 e. The van der Waals surface area contributed by atoms with Crippen LogP contribution in [-0.2, 0) is 7.05 Å². The third kappa shape index (κ3) is 1.56. The van der Waals surface area contributed by atoms with Gasteiger partial charge >= 0.3 is 0 Å². The molecule has 0 unspecified atom stereocenters. The van der Waals surface area contributed by atoms with Gasteiger partial charge in [0.1, 0.15) is 5.82 Å². The summed E-state index contributed by atoms with van der Waals surface area (Å²) in [5, 5.41) is 7.46. The van der Waals surface area contributed by atoms with Gasteiger partial charge in [-0.15, -0.1) is 0 Å². The lowest BCUT2D eigenvalue weighted by Crippen LogP contribution is -2.03. The van der Waals surface area contributed by atoms with Crippen LogP contribution in [0.5, 0.6) is 0 Å². The van der Waals surface area contributed by atoms with Crippen molar-refractivity contribution in [1.82, 2.24) is 9.78 Å². The summed E-state index contributed by atoms with van der Waals surface area (Å²) >= 11 is 3.46. The van der Waals surface area contributed by atoms with Crippen LogP contribution in [0.4, 0.5) is 5.82 Å². The molecule has 0 aliphatic heterocycles. The third-order valence-electron chi connectivity index (χ3n) is 1.49. The van der Waals surface area contributed by atoms with Crippen molar-refractivity contribution in [2.75, 3.05) is 11.9 Å². The third-order valence-corrected chi connectivity index (χ3v) is 2.44. The zero-order valence-corrected chi connectivity index (χ0v) is 8.57. The highest BCUT2D eigenvalue weighted by molar-refractivity contribution is 9.10. The van der Waals surface area contributed by atoms with Gasteiger partial charge in [-0.25, -0.2) is 0 Å². The van der Waals surface area contributed by atoms with E-state index in [0.717, 1.165) is 22.5 Å². The average molecular weight is 218 g/mol. The SMILES string of the molecule is CCNc1c(Br)c(C)nn1C. The Morgan fingerprint density at radius 3 is 2.64 bits per heavy atom. The van der Waals surface area contributed by atoms with Crippen LogP contribution in [0.15, 0.2) is 4.47 Å². The summed E-state index contributed by atoms with van der Waals surface area (Å²) in [6.45, 7) is 4.96. The van der Waals surface area contributed by atoms with Crippen molar-refractivity contribution < 1.29 is 0 Å². The number of hydrogen-bond acceptors (Lipinski definition) is 2. The maximum absolute atomic E-state index is 4.24. The lowest BCUT2D eigenvalue weighted by molar-refractivity contribution is 0.760. The van der Waals surface area contributed by atoms with Crippen molar-refractivity contribution >= 4 is 21.7 Å². The van der Waals surface area contributed by atoms with Gasteiger partial charge in [0, 0.05) is 13.6 Å². The van der Waals surface area contributed by atoms with Gasteiger partial charge in [0.25, 0.3) is 0 Å². The summed E-state index contributed by atoms with van der Waals surface area (Å²) in [5.41, 5.74) is 1.02. The van der Waals surface area contributed by atoms with E-state index < -0.39 is 0 Å². The molecule has 0 saturated carbocycles. The Balaban J connectivity index is 3.02. The van der Waals surface area contributed by atoms with Crippen molar-refractivity contribution in [2.24, 2.45) is 7.05 Å². The van der Waals surface area contributed by atoms with Crippen LogP contribution in [-0.4, -0.2) is 16.3 Å². The summed E-state index contributed by atoms with van der Waals surface area (Å²) in [4.78, 5) is 0. The lowest BCUT2D eigenvalue weighted by Gasteiger charge is -2.02. The summed E-state index contributed by atoms with van der Waals surface area (Å²) in [6, 6.07) is 0. The molecule has 3 nitrogen and oxygen atoms in total. The number of aryl methyl sites for hydroxylation is 2. The van der Waals surface area contributed by atoms with Gasteiger partial charge in [0.15, 0.2) is 0 Å². The fraction of sp³-hybridized carbons (Fsp3) is 0.571. The van der Waals surface area contributed by atoms with Crippen LogP contribution in [0.2, 0.25) is 0 Å². The molecule has 11 heavy (non-hydrogen) atoms. The molecule has 1 N–H and O–H groups in total. The van der Waals surface area contributed by atoms with Crippen LogP contribution in [0, 0.1) is 6.92 Å². The molecule has 0 aromatic carbocycles. The fourth-order valence-corrected chi connectivity index (χ4v) is 1.47. The minimum absolute atomic E-state index is 0.914. The maximum Gasteiger partial charge on any atom is 0.138 e. The van der Waals surface area contributed by atoms with Crippen LogP contribution in [0.1, 0.15) is 12.6 Å². The Kier molecular flexibility index (Phi) is 2.54. The van der Waals surface area contributed by atoms with Crippen LogP contribution in [0.3, 0.4) is 0 Å². The highest BCUT2D eigenvalue weighted by Gasteiger charge is 2.07. The molecule has 0 atom stereocenters. The Morgan fingerprint density at radius 2 is 2.27 bits per heavy atom. The van der Waals surface area contributed by atoms with E-state index in [-0.39, 0.29) is 0 Å². The molecule has 1 rings (SSSR count). The predicted molar refractivity (Wildman–Crippen MR) is 49.8 cm³/mol. The van der Waals surface area contributed by atoms with Crippen molar-refractivity contribution in [3.63, 3.8) is 0 Å². The van der Waals surface area contributed by atoms with Gasteiger partial charge in [-0.1, -0.05) is 0 Å². The number of aromatic nitrogens is 2. The molecule has 62 valence electrons. The Hall–Kier alpha value is -0.510. The van der Waals surface area contributed by atoms with Gasteiger partial charge < -0.3 is 5.32 Å². The molecule has 1 aromatic heterocycles. The van der Waals surface area contributed by atoms with E-state index in [2.05, 4.69) is 33.3 Å². The topological polar surface area (TPSA) is 29.9 Å². The molecule has 0 spiro atoms. The first-order valence-electron chi connectivity index (χ1n) is 3.59. The number of anilines is 1. The van der Waals surface area contributed by atoms with E-state index in [1.165, 1.54) is 0 Å². The normalized spacial score (nSPS) is 10.2. The van der Waals surface area contributed by atoms with E-state index in [4.69, 9.17) is 0 Å². The quantitative estimate of drug-likeness (QED) is 0.821. The van der Waals surface area contributed by atoms with Crippen LogP contribution < -0.4 is 5.32 Å². The molecular formula is C7H12BrN3. The number of nitrogens with zero attached hydrogens (tertiary/aromatic N) is 2. The Bertz CT molecular complexity index is 254. The minimum atomic E-state index is 0.914. The zero-order valence-electron chi connectivity index (χ0n) is 6.98. The molecule has 1 heterocycles. The molecule has 0 fully saturated rings. The molecule has 4 heteroatoms. The van der Waals surface area contributed by atoms with E-state index >= 15 is 0 Å². The standard InChI is InChI=1S/C7H12BrN3/c1-4-9-7-6(8)5(2)10-11(7)3/h9H,4H2,1-3H3. The molecule has 0 bridgehead atoms. The van der Waals surface area contributed by atoms with E-state index in [0.29, 0.717) is 0 Å². The first-order valence-corrected chi connectivity index (χ1v) is 4.39. The van der Waals surface area contributed by atoms with Gasteiger partial charge in [-0.2, -0.15) is 5.10 Å². The first kappa shape index (κ1) is 8.59. The van der Waals surface area contributed by atoms with E-state index in [1.54, 1.807) is 0 Å². The summed E-state index contributed by atoms with van der Waals surface area (Å²) in [7, 11) is 1.93. The van der Waals surface area contributed by atoms with E-state index in [1.807, 2.05) is 18.7 Å². The lowest BCUT2D eigenvalue weighted by atomic mass is 10.4. The van der Waals surface area contributed by atoms with Gasteiger partial charge in [0.05, 0.1) is 10.2 Å². The second-order valence-corrected chi connectivity index (χ2v) is 3.19. The van der Waals surface area contributed by atoms with Gasteiger partial charge in [-0.3, -0.25) is 4.68 Å². The highest BCUT2D eigenvalue weighted by atomic mass is 79.9. The average Bonchev–Trinajstić information content (AvgIpc) is 2.17. The largest absolute Gasteiger partial charge is 0.370 e. The monoisotopic (exact) mass is 217 g/mol. The molecule has 0 radical (unpaired) electrons. The van der Waals surface area contributed by atoms with Gasteiger partial charge in [-0.05, 0) is 29.8 Å². The molecular weight excluding hydrogens is 206 g/mol. The molecule has 0 aliphatic carbocycles. The summed E-state index contributed by atoms with van der Waals surface area (Å²) in [6.07, 6.45) is 0. The van der Waals surface area contributed by atoms with Crippen LogP contribution in [0.25, 0.3) is 0 Å². The van der Waals surface area contributed by atoms with Crippen molar-refractivity contribution in [3.05, 3.63) is 10.2 Å². The zero-order chi connectivity index (χ0) is 8.43. The van der Waals surface area contributed by atoms with Crippen molar-refractivity contribution in [2.45, 2.75) is 13.8 Å². The molecule has 0 amide bonds. The number of halogens is 1. The number of rotatable bonds is 2. The second kappa shape index (κ2) is 3.26. The molecule has 0 aliphatic rings. The smallest absolute Gasteiger partial charge is 0.138 e. The van der Waals surface area contributed by atoms with Crippen LogP contribution >= 0.6 is 15.9 Å². The summed E-state index contributed by atoms with van der Waals surface area (Å²) in [5.74, 6) is 1.05. The van der Waals surface area contributed by atoms with Gasteiger partial charge in [0.2, 0.25) is 0 Å². The number of hydrogen-bond donors (Lipinski definition) is 1. The molecule has 1 aromatic rings. The first-order chi connectivity index (χ1) is 5.16. The molecule has 0 saturated heterocycles. The maximum atomic E-state index is 4.24. The van der Waals surface area contributed by atoms with E-state index in [9.17, 15) is 0 Å². The summed E-state index contributed by atoms with van der Waals surface area (Å²) < 4.78 is 2.89. The Morgan fingerprint density at radius 1 is 1.64 bits per heavy atom. The Labute approximate surface area is 74.9 Å². The van der Waals surface area contributed by atoms with Crippen molar-refractivity contribution in [1.29, 1.82) is 0 Å².